The van der Waals surface area contributed by atoms with E-state index in [1.165, 1.54) is 0 Å². The van der Waals surface area contributed by atoms with Gasteiger partial charge in [-0.05, 0) is 38.1 Å². The average Bonchev–Trinajstić information content (AvgIpc) is 3.44. The van der Waals surface area contributed by atoms with Crippen LogP contribution >= 0.6 is 11.6 Å². The van der Waals surface area contributed by atoms with Crippen molar-refractivity contribution < 1.29 is 18.9 Å². The minimum Gasteiger partial charge on any atom is -0.491 e. The molecule has 0 saturated carbocycles. The van der Waals surface area contributed by atoms with Gasteiger partial charge in [-0.25, -0.2) is 0 Å². The largest absolute Gasteiger partial charge is 0.491 e. The van der Waals surface area contributed by atoms with Gasteiger partial charge < -0.3 is 28.8 Å². The minimum absolute atomic E-state index is 0.264. The van der Waals surface area contributed by atoms with Crippen LogP contribution in [0.2, 0.25) is 0 Å². The predicted molar refractivity (Wildman–Crippen MR) is 120 cm³/mol. The lowest BCUT2D eigenvalue weighted by atomic mass is 10.1. The summed E-state index contributed by atoms with van der Waals surface area (Å²) < 4.78 is 27.0. The molecule has 3 aromatic rings. The molecule has 0 aliphatic carbocycles. The highest BCUT2D eigenvalue weighted by Gasteiger charge is 2.56. The molecule has 2 aromatic heterocycles. The van der Waals surface area contributed by atoms with Crippen LogP contribution < -0.4 is 10.1 Å². The second-order valence-corrected chi connectivity index (χ2v) is 8.93. The SMILES string of the molecule is CC1(C)O[C@@H]2[C@H](O1)[C@@H](COc1ccc3cccnc3c1)O[C@H]2n1ccc2c1NCN=C2Cl. The average molecular weight is 455 g/mol. The van der Waals surface area contributed by atoms with Crippen molar-refractivity contribution in [3.63, 3.8) is 0 Å². The molecule has 0 radical (unpaired) electrons. The van der Waals surface area contributed by atoms with Gasteiger partial charge in [0.25, 0.3) is 0 Å². The van der Waals surface area contributed by atoms with E-state index in [1.54, 1.807) is 6.20 Å². The van der Waals surface area contributed by atoms with Crippen LogP contribution in [0.15, 0.2) is 53.8 Å². The molecule has 3 aliphatic heterocycles. The van der Waals surface area contributed by atoms with Crippen LogP contribution in [0.3, 0.4) is 0 Å². The number of nitrogens with one attached hydrogen (secondary N) is 1. The van der Waals surface area contributed by atoms with E-state index in [4.69, 9.17) is 30.5 Å². The van der Waals surface area contributed by atoms with Gasteiger partial charge in [0.2, 0.25) is 0 Å². The Balaban J connectivity index is 1.25. The number of rotatable bonds is 4. The fourth-order valence-corrected chi connectivity index (χ4v) is 4.83. The number of nitrogens with zero attached hydrogens (tertiary/aromatic N) is 3. The summed E-state index contributed by atoms with van der Waals surface area (Å²) in [6, 6.07) is 11.7. The first-order chi connectivity index (χ1) is 15.5. The van der Waals surface area contributed by atoms with Crippen molar-refractivity contribution >= 4 is 33.5 Å². The third-order valence-corrected chi connectivity index (χ3v) is 6.32. The predicted octanol–water partition coefficient (Wildman–Crippen LogP) is 3.90. The normalized spacial score (nSPS) is 28.2. The van der Waals surface area contributed by atoms with E-state index in [0.717, 1.165) is 28.0 Å². The summed E-state index contributed by atoms with van der Waals surface area (Å²) in [5.41, 5.74) is 1.73. The van der Waals surface area contributed by atoms with Crippen molar-refractivity contribution in [1.29, 1.82) is 0 Å². The van der Waals surface area contributed by atoms with E-state index in [0.29, 0.717) is 18.4 Å². The molecule has 0 spiro atoms. The third-order valence-electron chi connectivity index (χ3n) is 5.99. The summed E-state index contributed by atoms with van der Waals surface area (Å²) in [6.45, 7) is 4.58. The lowest BCUT2D eigenvalue weighted by molar-refractivity contribution is -0.199. The lowest BCUT2D eigenvalue weighted by Gasteiger charge is -2.26. The molecule has 0 amide bonds. The second-order valence-electron chi connectivity index (χ2n) is 8.57. The Kier molecular flexibility index (Phi) is 4.65. The van der Waals surface area contributed by atoms with E-state index >= 15 is 0 Å². The van der Waals surface area contributed by atoms with E-state index in [1.807, 2.05) is 61.0 Å². The number of hydrogen-bond acceptors (Lipinski definition) is 7. The fraction of sp³-hybridized carbons (Fsp3) is 0.391. The first kappa shape index (κ1) is 20.0. The zero-order valence-electron chi connectivity index (χ0n) is 17.7. The molecule has 1 N–H and O–H groups in total. The van der Waals surface area contributed by atoms with Gasteiger partial charge in [0.1, 0.15) is 48.3 Å². The number of aliphatic imine (C=N–C) groups is 1. The molecule has 3 aliphatic rings. The molecule has 9 heteroatoms. The monoisotopic (exact) mass is 454 g/mol. The van der Waals surface area contributed by atoms with E-state index in [2.05, 4.69) is 15.3 Å². The quantitative estimate of drug-likeness (QED) is 0.644. The van der Waals surface area contributed by atoms with Crippen LogP contribution in [0, 0.1) is 0 Å². The first-order valence-electron chi connectivity index (χ1n) is 10.6. The standard InChI is InChI=1S/C23H23ClN4O4/c1-23(2)31-18-17(11-29-14-6-5-13-4-3-8-25-16(13)10-14)30-22(19(18)32-23)28-9-7-15-20(24)26-12-27-21(15)28/h3-10,17-19,22,27H,11-12H2,1-2H3/t17-,18-,19-,22-/m1/s1. The van der Waals surface area contributed by atoms with E-state index in [9.17, 15) is 0 Å². The molecular formula is C23H23ClN4O4. The molecule has 2 fully saturated rings. The first-order valence-corrected chi connectivity index (χ1v) is 11.0. The Morgan fingerprint density at radius 2 is 2.09 bits per heavy atom. The van der Waals surface area contributed by atoms with Gasteiger partial charge in [-0.15, -0.1) is 0 Å². The van der Waals surface area contributed by atoms with Gasteiger partial charge >= 0.3 is 0 Å². The Labute approximate surface area is 190 Å². The van der Waals surface area contributed by atoms with Crippen molar-refractivity contribution in [2.45, 2.75) is 44.2 Å². The minimum atomic E-state index is -0.706. The summed E-state index contributed by atoms with van der Waals surface area (Å²) in [7, 11) is 0. The Bertz CT molecular complexity index is 1210. The molecule has 5 heterocycles. The van der Waals surface area contributed by atoms with Crippen LogP contribution in [0.5, 0.6) is 5.75 Å². The van der Waals surface area contributed by atoms with Crippen molar-refractivity contribution in [2.24, 2.45) is 4.99 Å². The van der Waals surface area contributed by atoms with Crippen LogP contribution in [0.4, 0.5) is 5.82 Å². The summed E-state index contributed by atoms with van der Waals surface area (Å²) >= 11 is 6.29. The highest BCUT2D eigenvalue weighted by atomic mass is 35.5. The van der Waals surface area contributed by atoms with E-state index < -0.39 is 5.79 Å². The zero-order valence-corrected chi connectivity index (χ0v) is 18.5. The third kappa shape index (κ3) is 3.34. The van der Waals surface area contributed by atoms with Gasteiger partial charge in [0, 0.05) is 23.8 Å². The van der Waals surface area contributed by atoms with Gasteiger partial charge in [-0.3, -0.25) is 9.98 Å². The maximum absolute atomic E-state index is 6.43. The molecule has 0 unspecified atom stereocenters. The Morgan fingerprint density at radius 3 is 3.00 bits per heavy atom. The number of fused-ring (bicyclic) bond motifs is 3. The number of aromatic nitrogens is 2. The fourth-order valence-electron chi connectivity index (χ4n) is 4.61. The number of benzene rings is 1. The maximum atomic E-state index is 6.43. The topological polar surface area (TPSA) is 79.1 Å². The molecule has 32 heavy (non-hydrogen) atoms. The number of ether oxygens (including phenoxy) is 4. The van der Waals surface area contributed by atoms with Gasteiger partial charge in [-0.2, -0.15) is 0 Å². The van der Waals surface area contributed by atoms with Crippen molar-refractivity contribution in [2.75, 3.05) is 18.6 Å². The summed E-state index contributed by atoms with van der Waals surface area (Å²) in [4.78, 5) is 8.64. The second kappa shape index (κ2) is 7.45. The maximum Gasteiger partial charge on any atom is 0.164 e. The van der Waals surface area contributed by atoms with Gasteiger partial charge in [0.05, 0.1) is 11.1 Å². The highest BCUT2D eigenvalue weighted by molar-refractivity contribution is 6.70. The molecule has 0 bridgehead atoms. The molecule has 6 rings (SSSR count). The molecule has 4 atom stereocenters. The highest BCUT2D eigenvalue weighted by Crippen LogP contribution is 2.45. The molecule has 1 aromatic carbocycles. The Morgan fingerprint density at radius 1 is 1.22 bits per heavy atom. The summed E-state index contributed by atoms with van der Waals surface area (Å²) in [5, 5.41) is 4.84. The number of hydrogen-bond donors (Lipinski definition) is 1. The summed E-state index contributed by atoms with van der Waals surface area (Å²) in [5.74, 6) is 0.896. The number of pyridine rings is 1. The van der Waals surface area contributed by atoms with E-state index in [-0.39, 0.29) is 24.5 Å². The van der Waals surface area contributed by atoms with Crippen molar-refractivity contribution in [1.82, 2.24) is 9.55 Å². The molecule has 166 valence electrons. The molecular weight excluding hydrogens is 432 g/mol. The van der Waals surface area contributed by atoms with Gasteiger partial charge in [-0.1, -0.05) is 17.7 Å². The van der Waals surface area contributed by atoms with Crippen LogP contribution in [-0.4, -0.2) is 52.1 Å². The van der Waals surface area contributed by atoms with Crippen LogP contribution in [0.1, 0.15) is 25.6 Å². The molecule has 8 nitrogen and oxygen atoms in total. The lowest BCUT2D eigenvalue weighted by Crippen LogP contribution is -2.33. The van der Waals surface area contributed by atoms with Crippen LogP contribution in [-0.2, 0) is 14.2 Å². The zero-order chi connectivity index (χ0) is 21.9. The number of anilines is 1. The number of halogens is 1. The van der Waals surface area contributed by atoms with Crippen molar-refractivity contribution in [3.8, 4) is 5.75 Å². The van der Waals surface area contributed by atoms with Gasteiger partial charge in [0.15, 0.2) is 12.0 Å². The molecule has 2 saturated heterocycles. The Hall–Kier alpha value is -2.65. The smallest absolute Gasteiger partial charge is 0.164 e. The van der Waals surface area contributed by atoms with Crippen LogP contribution in [0.25, 0.3) is 10.9 Å². The van der Waals surface area contributed by atoms with Crippen molar-refractivity contribution in [3.05, 3.63) is 54.4 Å². The summed E-state index contributed by atoms with van der Waals surface area (Å²) in [6.07, 6.45) is 2.47.